The Morgan fingerprint density at radius 2 is 0.779 bits per heavy atom. The normalized spacial score (nSPS) is 21.6. The van der Waals surface area contributed by atoms with Gasteiger partial charge in [-0.25, -0.2) is 0 Å². The molecule has 16 rings (SSSR count). The SMILES string of the molecule is CC1C[C@H]2CC(C)C[C@H](C1)C21c2ccccc2C2(c3ccccc3-c3ccccc32)c2ccc(N(c3ccc(-c4ccc(-n5c6ccccc6c6ccccc65)cc4)cc3)c3ccc4c(c3)C(C)(C)c3ccccc3-4)cc21. The maximum Gasteiger partial charge on any atom is 0.0719 e. The summed E-state index contributed by atoms with van der Waals surface area (Å²) >= 11 is 0. The molecule has 2 saturated carbocycles. The zero-order valence-corrected chi connectivity index (χ0v) is 44.5. The van der Waals surface area contributed by atoms with Crippen molar-refractivity contribution in [1.82, 2.24) is 4.57 Å². The molecule has 10 aromatic carbocycles. The molecule has 1 heterocycles. The Bertz CT molecular complexity index is 4080. The molecule has 5 aliphatic rings. The molecule has 2 heteroatoms. The molecule has 0 saturated heterocycles. The van der Waals surface area contributed by atoms with Crippen LogP contribution in [0.1, 0.15) is 97.9 Å². The summed E-state index contributed by atoms with van der Waals surface area (Å²) in [5.41, 5.74) is 26.0. The third kappa shape index (κ3) is 6.08. The lowest BCUT2D eigenvalue weighted by Crippen LogP contribution is -2.56. The number of anilines is 3. The van der Waals surface area contributed by atoms with E-state index in [2.05, 4.69) is 268 Å². The van der Waals surface area contributed by atoms with Gasteiger partial charge in [0, 0.05) is 44.4 Å². The maximum atomic E-state index is 2.72. The highest BCUT2D eigenvalue weighted by molar-refractivity contribution is 6.09. The summed E-state index contributed by atoms with van der Waals surface area (Å²) in [6.07, 6.45) is 5.02. The lowest BCUT2D eigenvalue weighted by molar-refractivity contribution is 0.0238. The van der Waals surface area contributed by atoms with Gasteiger partial charge in [-0.2, -0.15) is 0 Å². The first-order valence-electron chi connectivity index (χ1n) is 28.4. The Labute approximate surface area is 453 Å². The van der Waals surface area contributed by atoms with Crippen molar-refractivity contribution < 1.29 is 0 Å². The lowest BCUT2D eigenvalue weighted by atomic mass is 9.41. The van der Waals surface area contributed by atoms with Gasteiger partial charge in [0.1, 0.15) is 0 Å². The molecule has 77 heavy (non-hydrogen) atoms. The van der Waals surface area contributed by atoms with Gasteiger partial charge in [-0.1, -0.05) is 198 Å². The summed E-state index contributed by atoms with van der Waals surface area (Å²) in [4.78, 5) is 2.59. The summed E-state index contributed by atoms with van der Waals surface area (Å²) in [6, 6.07) is 88.8. The second-order valence-electron chi connectivity index (χ2n) is 24.2. The molecule has 372 valence electrons. The lowest BCUT2D eigenvalue weighted by Gasteiger charge is -2.61. The summed E-state index contributed by atoms with van der Waals surface area (Å²) < 4.78 is 2.40. The molecule has 0 unspecified atom stereocenters. The van der Waals surface area contributed by atoms with E-state index in [9.17, 15) is 0 Å². The van der Waals surface area contributed by atoms with E-state index in [1.54, 1.807) is 11.1 Å². The van der Waals surface area contributed by atoms with Crippen molar-refractivity contribution in [2.45, 2.75) is 69.6 Å². The predicted octanol–water partition coefficient (Wildman–Crippen LogP) is 19.3. The molecule has 0 amide bonds. The Morgan fingerprint density at radius 3 is 1.36 bits per heavy atom. The van der Waals surface area contributed by atoms with Crippen LogP contribution in [0.3, 0.4) is 0 Å². The highest BCUT2D eigenvalue weighted by atomic mass is 15.1. The number of para-hydroxylation sites is 2. The molecule has 2 nitrogen and oxygen atoms in total. The fraction of sp³-hybridized carbons (Fsp3) is 0.200. The van der Waals surface area contributed by atoms with Crippen LogP contribution in [-0.2, 0) is 16.2 Å². The van der Waals surface area contributed by atoms with Crippen molar-refractivity contribution in [2.75, 3.05) is 4.90 Å². The molecule has 5 aliphatic carbocycles. The molecular formula is C75H62N2. The van der Waals surface area contributed by atoms with Gasteiger partial charge >= 0.3 is 0 Å². The zero-order valence-electron chi connectivity index (χ0n) is 44.5. The smallest absolute Gasteiger partial charge is 0.0719 e. The van der Waals surface area contributed by atoms with Crippen molar-refractivity contribution in [2.24, 2.45) is 23.7 Å². The fourth-order valence-electron chi connectivity index (χ4n) is 17.0. The quantitative estimate of drug-likeness (QED) is 0.167. The van der Waals surface area contributed by atoms with E-state index in [0.717, 1.165) is 5.69 Å². The van der Waals surface area contributed by atoms with Gasteiger partial charge in [0.2, 0.25) is 0 Å². The topological polar surface area (TPSA) is 8.17 Å². The van der Waals surface area contributed by atoms with E-state index >= 15 is 0 Å². The molecule has 0 aliphatic heterocycles. The number of nitrogens with zero attached hydrogens (tertiary/aromatic N) is 2. The van der Waals surface area contributed by atoms with E-state index in [1.807, 2.05) is 0 Å². The molecule has 2 spiro atoms. The van der Waals surface area contributed by atoms with Crippen LogP contribution in [0, 0.1) is 23.7 Å². The summed E-state index contributed by atoms with van der Waals surface area (Å²) in [5.74, 6) is 2.47. The molecule has 2 fully saturated rings. The minimum absolute atomic E-state index is 0.124. The highest BCUT2D eigenvalue weighted by Crippen LogP contribution is 2.70. The zero-order chi connectivity index (χ0) is 51.4. The standard InChI is InChI=1S/C75H62N2/c1-47-41-51-43-48(2)44-52(42-47)74(51)66-25-13-14-26-67(66)75(64-23-11-6-18-58(64)59-19-7-12-24-65(59)75)68-40-38-56(46-70(68)74)76(55-37-39-60-57-17-5-10-22-63(57)73(3,4)69(60)45-55)53-33-29-49(30-34-53)50-31-35-54(36-32-50)77-71-27-15-8-20-61(71)62-21-9-16-28-72(62)77/h5-40,45-48,51-52H,41-44H2,1-4H3/t47?,48?,51-,52-,74?. The first-order valence-corrected chi connectivity index (χ1v) is 28.4. The Kier molecular flexibility index (Phi) is 9.60. The Balaban J connectivity index is 0.899. The van der Waals surface area contributed by atoms with E-state index in [0.29, 0.717) is 23.7 Å². The Hall–Kier alpha value is -8.20. The molecule has 0 N–H and O–H groups in total. The number of hydrogen-bond donors (Lipinski definition) is 0. The van der Waals surface area contributed by atoms with Crippen LogP contribution >= 0.6 is 0 Å². The number of aromatic nitrogens is 1. The molecule has 0 radical (unpaired) electrons. The highest BCUT2D eigenvalue weighted by Gasteiger charge is 2.62. The minimum Gasteiger partial charge on any atom is -0.310 e. The van der Waals surface area contributed by atoms with Gasteiger partial charge in [0.25, 0.3) is 0 Å². The van der Waals surface area contributed by atoms with E-state index < -0.39 is 5.41 Å². The number of hydrogen-bond acceptors (Lipinski definition) is 1. The van der Waals surface area contributed by atoms with E-state index in [-0.39, 0.29) is 10.8 Å². The number of fused-ring (bicyclic) bond motifs is 15. The van der Waals surface area contributed by atoms with Crippen molar-refractivity contribution in [3.8, 4) is 39.1 Å². The Morgan fingerprint density at radius 1 is 0.364 bits per heavy atom. The van der Waals surface area contributed by atoms with Crippen LogP contribution < -0.4 is 4.90 Å². The van der Waals surface area contributed by atoms with E-state index in [1.165, 1.54) is 131 Å². The third-order valence-corrected chi connectivity index (χ3v) is 19.9. The van der Waals surface area contributed by atoms with Gasteiger partial charge in [0.15, 0.2) is 0 Å². The van der Waals surface area contributed by atoms with Crippen molar-refractivity contribution in [1.29, 1.82) is 0 Å². The minimum atomic E-state index is -0.446. The largest absolute Gasteiger partial charge is 0.310 e. The van der Waals surface area contributed by atoms with Gasteiger partial charge in [-0.05, 0) is 188 Å². The summed E-state index contributed by atoms with van der Waals surface area (Å²) in [5, 5.41) is 2.56. The van der Waals surface area contributed by atoms with Gasteiger partial charge in [0.05, 0.1) is 16.4 Å². The summed E-state index contributed by atoms with van der Waals surface area (Å²) in [6.45, 7) is 9.90. The summed E-state index contributed by atoms with van der Waals surface area (Å²) in [7, 11) is 0. The second-order valence-corrected chi connectivity index (χ2v) is 24.2. The molecule has 1 aromatic heterocycles. The van der Waals surface area contributed by atoms with Gasteiger partial charge < -0.3 is 9.47 Å². The average Bonchev–Trinajstić information content (AvgIpc) is 4.29. The van der Waals surface area contributed by atoms with Gasteiger partial charge in [-0.15, -0.1) is 0 Å². The second kappa shape index (κ2) is 16.4. The first-order chi connectivity index (χ1) is 37.7. The number of rotatable bonds is 5. The maximum absolute atomic E-state index is 2.72. The van der Waals surface area contributed by atoms with Crippen LogP contribution in [0.5, 0.6) is 0 Å². The average molecular weight is 991 g/mol. The van der Waals surface area contributed by atoms with Crippen LogP contribution in [0.2, 0.25) is 0 Å². The van der Waals surface area contributed by atoms with Gasteiger partial charge in [-0.3, -0.25) is 0 Å². The monoisotopic (exact) mass is 990 g/mol. The first kappa shape index (κ1) is 45.0. The van der Waals surface area contributed by atoms with Crippen molar-refractivity contribution >= 4 is 38.9 Å². The molecule has 11 aromatic rings. The third-order valence-electron chi connectivity index (χ3n) is 19.9. The molecule has 0 atom stereocenters. The van der Waals surface area contributed by atoms with E-state index in [4.69, 9.17) is 0 Å². The molecule has 2 bridgehead atoms. The van der Waals surface area contributed by atoms with Crippen LogP contribution in [0.15, 0.2) is 231 Å². The van der Waals surface area contributed by atoms with Crippen LogP contribution in [-0.4, -0.2) is 4.57 Å². The fourth-order valence-corrected chi connectivity index (χ4v) is 17.0. The van der Waals surface area contributed by atoms with Crippen LogP contribution in [0.4, 0.5) is 17.1 Å². The van der Waals surface area contributed by atoms with Crippen molar-refractivity contribution in [3.63, 3.8) is 0 Å². The van der Waals surface area contributed by atoms with Crippen molar-refractivity contribution in [3.05, 3.63) is 275 Å². The number of benzene rings is 10. The molecular weight excluding hydrogens is 929 g/mol. The predicted molar refractivity (Wildman–Crippen MR) is 320 cm³/mol. The van der Waals surface area contributed by atoms with Crippen LogP contribution in [0.25, 0.3) is 60.9 Å².